The molecule has 8 heteroatoms. The highest BCUT2D eigenvalue weighted by molar-refractivity contribution is 7.51. The average Bonchev–Trinajstić information content (AvgIpc) is 2.35. The molecule has 19 heavy (non-hydrogen) atoms. The number of carbonyl (C=O) groups is 1. The second-order valence-corrected chi connectivity index (χ2v) is 5.58. The molecule has 0 heterocycles. The van der Waals surface area contributed by atoms with Crippen LogP contribution in [0.3, 0.4) is 0 Å². The molecule has 1 aromatic carbocycles. The van der Waals surface area contributed by atoms with Crippen LogP contribution in [-0.2, 0) is 4.57 Å². The van der Waals surface area contributed by atoms with Crippen molar-refractivity contribution in [3.8, 4) is 5.75 Å². The number of carbonyl (C=O) groups excluding carboxylic acids is 1. The third-order valence-electron chi connectivity index (χ3n) is 2.20. The molecule has 0 bridgehead atoms. The van der Waals surface area contributed by atoms with Crippen LogP contribution in [0.25, 0.3) is 0 Å². The highest BCUT2D eigenvalue weighted by Crippen LogP contribution is 2.33. The lowest BCUT2D eigenvalue weighted by Gasteiger charge is -2.08. The SMILES string of the molecule is NCCNC(=O)c1ccc(OCCP(=O)(O)O)cc1. The summed E-state index contributed by atoms with van der Waals surface area (Å²) >= 11 is 0. The van der Waals surface area contributed by atoms with Crippen molar-refractivity contribution in [1.82, 2.24) is 5.32 Å². The van der Waals surface area contributed by atoms with Gasteiger partial charge in [0, 0.05) is 18.7 Å². The summed E-state index contributed by atoms with van der Waals surface area (Å²) in [6.45, 7) is 0.692. The highest BCUT2D eigenvalue weighted by atomic mass is 31.2. The van der Waals surface area contributed by atoms with Crippen molar-refractivity contribution in [2.24, 2.45) is 5.73 Å². The Morgan fingerprint density at radius 2 is 1.95 bits per heavy atom. The minimum absolute atomic E-state index is 0.0804. The monoisotopic (exact) mass is 288 g/mol. The standard InChI is InChI=1S/C11H17N2O5P/c12-5-6-13-11(14)9-1-3-10(4-2-9)18-7-8-19(15,16)17/h1-4H,5-8,12H2,(H,13,14)(H2,15,16,17). The lowest BCUT2D eigenvalue weighted by atomic mass is 10.2. The lowest BCUT2D eigenvalue weighted by Crippen LogP contribution is -2.28. The van der Waals surface area contributed by atoms with Gasteiger partial charge in [-0.3, -0.25) is 9.36 Å². The minimum Gasteiger partial charge on any atom is -0.493 e. The molecule has 0 unspecified atom stereocenters. The summed E-state index contributed by atoms with van der Waals surface area (Å²) in [7, 11) is -4.04. The van der Waals surface area contributed by atoms with E-state index in [4.69, 9.17) is 20.3 Å². The van der Waals surface area contributed by atoms with Crippen LogP contribution in [0.4, 0.5) is 0 Å². The van der Waals surface area contributed by atoms with Gasteiger partial charge in [-0.25, -0.2) is 0 Å². The van der Waals surface area contributed by atoms with E-state index in [1.807, 2.05) is 0 Å². The third-order valence-corrected chi connectivity index (χ3v) is 2.96. The molecular formula is C11H17N2O5P. The van der Waals surface area contributed by atoms with Crippen molar-refractivity contribution in [2.45, 2.75) is 0 Å². The van der Waals surface area contributed by atoms with E-state index in [1.165, 1.54) is 0 Å². The van der Waals surface area contributed by atoms with Crippen LogP contribution in [0.2, 0.25) is 0 Å². The van der Waals surface area contributed by atoms with Crippen LogP contribution in [0.5, 0.6) is 5.75 Å². The Bertz CT molecular complexity index is 457. The molecule has 0 spiro atoms. The van der Waals surface area contributed by atoms with E-state index >= 15 is 0 Å². The molecule has 1 amide bonds. The molecule has 5 N–H and O–H groups in total. The molecule has 0 radical (unpaired) electrons. The molecule has 0 aliphatic rings. The van der Waals surface area contributed by atoms with Crippen LogP contribution in [-0.4, -0.2) is 41.6 Å². The van der Waals surface area contributed by atoms with Gasteiger partial charge in [-0.2, -0.15) is 0 Å². The summed E-state index contributed by atoms with van der Waals surface area (Å²) in [4.78, 5) is 28.9. The van der Waals surface area contributed by atoms with E-state index < -0.39 is 7.60 Å². The van der Waals surface area contributed by atoms with E-state index in [9.17, 15) is 9.36 Å². The predicted octanol–water partition coefficient (Wildman–Crippen LogP) is -0.0684. The molecule has 0 fully saturated rings. The average molecular weight is 288 g/mol. The van der Waals surface area contributed by atoms with Crippen LogP contribution in [0.1, 0.15) is 10.4 Å². The molecule has 7 nitrogen and oxygen atoms in total. The van der Waals surface area contributed by atoms with Crippen molar-refractivity contribution in [1.29, 1.82) is 0 Å². The van der Waals surface area contributed by atoms with Gasteiger partial charge in [0.25, 0.3) is 5.91 Å². The maximum atomic E-state index is 11.5. The Hall–Kier alpha value is -1.40. The van der Waals surface area contributed by atoms with Gasteiger partial charge in [0.2, 0.25) is 0 Å². The maximum absolute atomic E-state index is 11.5. The van der Waals surface area contributed by atoms with Crippen molar-refractivity contribution >= 4 is 13.5 Å². The predicted molar refractivity (Wildman–Crippen MR) is 70.2 cm³/mol. The smallest absolute Gasteiger partial charge is 0.328 e. The van der Waals surface area contributed by atoms with Gasteiger partial charge in [0.05, 0.1) is 12.8 Å². The van der Waals surface area contributed by atoms with E-state index in [2.05, 4.69) is 5.32 Å². The van der Waals surface area contributed by atoms with E-state index in [1.54, 1.807) is 24.3 Å². The molecule has 1 aromatic rings. The number of benzene rings is 1. The topological polar surface area (TPSA) is 122 Å². The molecule has 0 atom stereocenters. The van der Waals surface area contributed by atoms with Gasteiger partial charge in [0.15, 0.2) is 0 Å². The minimum atomic E-state index is -4.04. The van der Waals surface area contributed by atoms with Gasteiger partial charge in [0.1, 0.15) is 5.75 Å². The largest absolute Gasteiger partial charge is 0.493 e. The number of nitrogens with one attached hydrogen (secondary N) is 1. The van der Waals surface area contributed by atoms with Crippen molar-refractivity contribution < 1.29 is 23.9 Å². The van der Waals surface area contributed by atoms with E-state index in [0.29, 0.717) is 24.4 Å². The summed E-state index contributed by atoms with van der Waals surface area (Å²) in [6.07, 6.45) is -0.342. The Morgan fingerprint density at radius 3 is 2.47 bits per heavy atom. The van der Waals surface area contributed by atoms with Crippen LogP contribution in [0.15, 0.2) is 24.3 Å². The molecule has 0 saturated heterocycles. The van der Waals surface area contributed by atoms with E-state index in [-0.39, 0.29) is 18.7 Å². The van der Waals surface area contributed by atoms with Gasteiger partial charge in [-0.15, -0.1) is 0 Å². The summed E-state index contributed by atoms with van der Waals surface area (Å²) in [6, 6.07) is 6.27. The first-order valence-electron chi connectivity index (χ1n) is 5.68. The zero-order chi connectivity index (χ0) is 14.3. The first-order chi connectivity index (χ1) is 8.92. The molecule has 0 saturated carbocycles. The molecule has 0 aliphatic heterocycles. The van der Waals surface area contributed by atoms with Crippen LogP contribution < -0.4 is 15.8 Å². The quantitative estimate of drug-likeness (QED) is 0.521. The van der Waals surface area contributed by atoms with Crippen molar-refractivity contribution in [3.63, 3.8) is 0 Å². The number of rotatable bonds is 7. The Labute approximate surface area is 110 Å². The molecular weight excluding hydrogens is 271 g/mol. The summed E-state index contributed by atoms with van der Waals surface area (Å²) in [5.41, 5.74) is 5.74. The Balaban J connectivity index is 2.47. The number of nitrogens with two attached hydrogens (primary N) is 1. The van der Waals surface area contributed by atoms with E-state index in [0.717, 1.165) is 0 Å². The van der Waals surface area contributed by atoms with Gasteiger partial charge in [-0.05, 0) is 24.3 Å². The Morgan fingerprint density at radius 1 is 1.32 bits per heavy atom. The zero-order valence-electron chi connectivity index (χ0n) is 10.3. The van der Waals surface area contributed by atoms with Crippen molar-refractivity contribution in [2.75, 3.05) is 25.9 Å². The number of hydrogen-bond donors (Lipinski definition) is 4. The van der Waals surface area contributed by atoms with Gasteiger partial charge >= 0.3 is 7.60 Å². The highest BCUT2D eigenvalue weighted by Gasteiger charge is 2.12. The fraction of sp³-hybridized carbons (Fsp3) is 0.364. The fourth-order valence-corrected chi connectivity index (χ4v) is 1.60. The zero-order valence-corrected chi connectivity index (χ0v) is 11.2. The first kappa shape index (κ1) is 15.7. The number of amides is 1. The van der Waals surface area contributed by atoms with Gasteiger partial charge in [-0.1, -0.05) is 0 Å². The van der Waals surface area contributed by atoms with Gasteiger partial charge < -0.3 is 25.6 Å². The summed E-state index contributed by atoms with van der Waals surface area (Å²) in [5, 5.41) is 2.62. The second kappa shape index (κ2) is 7.25. The maximum Gasteiger partial charge on any atom is 0.328 e. The summed E-state index contributed by atoms with van der Waals surface area (Å²) < 4.78 is 15.8. The molecule has 1 rings (SSSR count). The lowest BCUT2D eigenvalue weighted by molar-refractivity contribution is 0.0954. The second-order valence-electron chi connectivity index (χ2n) is 3.81. The van der Waals surface area contributed by atoms with Crippen LogP contribution >= 0.6 is 7.60 Å². The third kappa shape index (κ3) is 6.35. The number of hydrogen-bond acceptors (Lipinski definition) is 4. The van der Waals surface area contributed by atoms with Crippen LogP contribution in [0, 0.1) is 0 Å². The normalized spacial score (nSPS) is 11.1. The molecule has 106 valence electrons. The summed E-state index contributed by atoms with van der Waals surface area (Å²) in [5.74, 6) is 0.219. The molecule has 0 aliphatic carbocycles. The van der Waals surface area contributed by atoms with Crippen molar-refractivity contribution in [3.05, 3.63) is 29.8 Å². The Kier molecular flexibility index (Phi) is 5.98. The first-order valence-corrected chi connectivity index (χ1v) is 7.48. The number of ether oxygens (including phenoxy) is 1. The molecule has 0 aromatic heterocycles. The fourth-order valence-electron chi connectivity index (χ4n) is 1.27.